The summed E-state index contributed by atoms with van der Waals surface area (Å²) in [4.78, 5) is 23.7. The first-order chi connectivity index (χ1) is 7.34. The maximum absolute atomic E-state index is 12.5. The number of ether oxygens (including phenoxy) is 1. The number of esters is 1. The summed E-state index contributed by atoms with van der Waals surface area (Å²) in [7, 11) is 1.07. The molecule has 0 amide bonds. The van der Waals surface area contributed by atoms with Crippen molar-refractivity contribution in [3.05, 3.63) is 33.7 Å². The molecule has 4 nitrogen and oxygen atoms in total. The normalized spacial score (nSPS) is 11.2. The van der Waals surface area contributed by atoms with Gasteiger partial charge in [0.1, 0.15) is 0 Å². The van der Waals surface area contributed by atoms with Crippen LogP contribution in [0.25, 0.3) is 0 Å². The first kappa shape index (κ1) is 12.3. The van der Waals surface area contributed by atoms with Crippen molar-refractivity contribution in [1.29, 1.82) is 0 Å². The van der Waals surface area contributed by atoms with Crippen molar-refractivity contribution in [3.8, 4) is 0 Å². The number of hydrogen-bond donors (Lipinski definition) is 1. The van der Waals surface area contributed by atoms with Gasteiger partial charge in [0.25, 0.3) is 0 Å². The van der Waals surface area contributed by atoms with E-state index >= 15 is 0 Å². The van der Waals surface area contributed by atoms with Gasteiger partial charge in [0.05, 0.1) is 19.1 Å². The van der Waals surface area contributed by atoms with Gasteiger partial charge in [0.15, 0.2) is 0 Å². The van der Waals surface area contributed by atoms with Crippen molar-refractivity contribution in [3.63, 3.8) is 0 Å². The molecule has 0 spiro atoms. The fourth-order valence-electron chi connectivity index (χ4n) is 1.14. The van der Waals surface area contributed by atoms with Crippen LogP contribution in [0.2, 0.25) is 0 Å². The lowest BCUT2D eigenvalue weighted by atomic mass is 10.1. The molecule has 0 atom stereocenters. The Balaban J connectivity index is 3.18. The predicted octanol–water partition coefficient (Wildman–Crippen LogP) is 1.11. The Labute approximate surface area is 88.0 Å². The highest BCUT2D eigenvalue weighted by Crippen LogP contribution is 2.30. The Morgan fingerprint density at radius 1 is 1.50 bits per heavy atom. The molecule has 0 saturated carbocycles. The molecule has 7 heteroatoms. The van der Waals surface area contributed by atoms with E-state index in [2.05, 4.69) is 9.72 Å². The number of alkyl halides is 3. The van der Waals surface area contributed by atoms with Gasteiger partial charge in [0.2, 0.25) is 5.56 Å². The molecule has 1 rings (SSSR count). The van der Waals surface area contributed by atoms with Crippen LogP contribution < -0.4 is 5.56 Å². The minimum atomic E-state index is -4.67. The quantitative estimate of drug-likeness (QED) is 0.781. The highest BCUT2D eigenvalue weighted by Gasteiger charge is 2.34. The smallest absolute Gasteiger partial charge is 0.416 e. The topological polar surface area (TPSA) is 59.2 Å². The SMILES string of the molecule is COC(=O)Cc1c[nH]c(=O)cc1C(F)(F)F. The second kappa shape index (κ2) is 4.38. The van der Waals surface area contributed by atoms with E-state index in [-0.39, 0.29) is 5.56 Å². The van der Waals surface area contributed by atoms with E-state index in [1.165, 1.54) is 0 Å². The molecule has 16 heavy (non-hydrogen) atoms. The van der Waals surface area contributed by atoms with Crippen LogP contribution in [0.5, 0.6) is 0 Å². The molecule has 0 aromatic carbocycles. The second-order valence-electron chi connectivity index (χ2n) is 2.99. The Kier molecular flexibility index (Phi) is 3.36. The number of aromatic amines is 1. The van der Waals surface area contributed by atoms with E-state index in [0.29, 0.717) is 6.07 Å². The third-order valence-electron chi connectivity index (χ3n) is 1.88. The number of hydrogen-bond acceptors (Lipinski definition) is 3. The molecule has 0 saturated heterocycles. The van der Waals surface area contributed by atoms with E-state index in [4.69, 9.17) is 0 Å². The molecule has 0 unspecified atom stereocenters. The van der Waals surface area contributed by atoms with Crippen LogP contribution in [0.15, 0.2) is 17.1 Å². The number of halogens is 3. The first-order valence-electron chi connectivity index (χ1n) is 4.20. The summed E-state index contributed by atoms with van der Waals surface area (Å²) in [6, 6.07) is 0.415. The Bertz CT molecular complexity index is 450. The average molecular weight is 235 g/mol. The Hall–Kier alpha value is -1.79. The molecule has 0 bridgehead atoms. The lowest BCUT2D eigenvalue weighted by molar-refractivity contribution is -0.141. The first-order valence-corrected chi connectivity index (χ1v) is 4.20. The third kappa shape index (κ3) is 2.85. The Morgan fingerprint density at radius 3 is 2.62 bits per heavy atom. The van der Waals surface area contributed by atoms with Crippen molar-refractivity contribution >= 4 is 5.97 Å². The van der Waals surface area contributed by atoms with Gasteiger partial charge in [-0.05, 0) is 5.56 Å². The maximum Gasteiger partial charge on any atom is 0.416 e. The molecule has 0 fully saturated rings. The largest absolute Gasteiger partial charge is 0.469 e. The number of rotatable bonds is 2. The van der Waals surface area contributed by atoms with Gasteiger partial charge in [-0.25, -0.2) is 0 Å². The van der Waals surface area contributed by atoms with Crippen LogP contribution in [-0.4, -0.2) is 18.1 Å². The van der Waals surface area contributed by atoms with Gasteiger partial charge < -0.3 is 9.72 Å². The summed E-state index contributed by atoms with van der Waals surface area (Å²) >= 11 is 0. The number of nitrogens with one attached hydrogen (secondary N) is 1. The van der Waals surface area contributed by atoms with Gasteiger partial charge >= 0.3 is 12.1 Å². The molecular weight excluding hydrogens is 227 g/mol. The van der Waals surface area contributed by atoms with Crippen molar-refractivity contribution < 1.29 is 22.7 Å². The number of pyridine rings is 1. The summed E-state index contributed by atoms with van der Waals surface area (Å²) in [5.74, 6) is -0.808. The van der Waals surface area contributed by atoms with Crippen LogP contribution >= 0.6 is 0 Å². The van der Waals surface area contributed by atoms with Crippen LogP contribution in [-0.2, 0) is 22.1 Å². The fraction of sp³-hybridized carbons (Fsp3) is 0.333. The molecule has 0 aliphatic rings. The highest BCUT2D eigenvalue weighted by atomic mass is 19.4. The van der Waals surface area contributed by atoms with Gasteiger partial charge in [-0.15, -0.1) is 0 Å². The summed E-state index contributed by atoms with van der Waals surface area (Å²) in [5, 5.41) is 0. The van der Waals surface area contributed by atoms with Crippen LogP contribution in [0.4, 0.5) is 13.2 Å². The highest BCUT2D eigenvalue weighted by molar-refractivity contribution is 5.72. The summed E-state index contributed by atoms with van der Waals surface area (Å²) in [5.41, 5.74) is -2.32. The van der Waals surface area contributed by atoms with Gasteiger partial charge in [0, 0.05) is 12.3 Å². The number of carbonyl (C=O) groups is 1. The van der Waals surface area contributed by atoms with Crippen molar-refractivity contribution in [1.82, 2.24) is 4.98 Å². The number of carbonyl (C=O) groups excluding carboxylic acids is 1. The monoisotopic (exact) mass is 235 g/mol. The molecular formula is C9H8F3NO3. The van der Waals surface area contributed by atoms with Crippen LogP contribution in [0.1, 0.15) is 11.1 Å². The summed E-state index contributed by atoms with van der Waals surface area (Å²) in [6.07, 6.45) is -4.35. The van der Waals surface area contributed by atoms with E-state index < -0.39 is 29.7 Å². The minimum absolute atomic E-state index is 0.320. The van der Waals surface area contributed by atoms with E-state index in [1.54, 1.807) is 0 Å². The van der Waals surface area contributed by atoms with Gasteiger partial charge in [-0.1, -0.05) is 0 Å². The molecule has 0 radical (unpaired) electrons. The zero-order valence-electron chi connectivity index (χ0n) is 8.22. The molecule has 1 N–H and O–H groups in total. The molecule has 0 aliphatic heterocycles. The molecule has 1 heterocycles. The van der Waals surface area contributed by atoms with Crippen LogP contribution in [0.3, 0.4) is 0 Å². The molecule has 1 aromatic rings. The van der Waals surface area contributed by atoms with Crippen molar-refractivity contribution in [2.24, 2.45) is 0 Å². The standard InChI is InChI=1S/C9H8F3NO3/c1-16-8(15)2-5-4-13-7(14)3-6(5)9(10,11)12/h3-4H,2H2,1H3,(H,13,14). The zero-order valence-corrected chi connectivity index (χ0v) is 8.22. The van der Waals surface area contributed by atoms with E-state index in [0.717, 1.165) is 13.3 Å². The van der Waals surface area contributed by atoms with Crippen molar-refractivity contribution in [2.75, 3.05) is 7.11 Å². The predicted molar refractivity (Wildman–Crippen MR) is 47.8 cm³/mol. The van der Waals surface area contributed by atoms with Gasteiger partial charge in [-0.2, -0.15) is 13.2 Å². The second-order valence-corrected chi connectivity index (χ2v) is 2.99. The average Bonchev–Trinajstić information content (AvgIpc) is 2.19. The molecule has 0 aliphatic carbocycles. The zero-order chi connectivity index (χ0) is 12.3. The van der Waals surface area contributed by atoms with Crippen molar-refractivity contribution in [2.45, 2.75) is 12.6 Å². The summed E-state index contributed by atoms with van der Waals surface area (Å²) in [6.45, 7) is 0. The lowest BCUT2D eigenvalue weighted by Gasteiger charge is -2.10. The lowest BCUT2D eigenvalue weighted by Crippen LogP contribution is -2.18. The third-order valence-corrected chi connectivity index (χ3v) is 1.88. The van der Waals surface area contributed by atoms with E-state index in [9.17, 15) is 22.8 Å². The minimum Gasteiger partial charge on any atom is -0.469 e. The maximum atomic E-state index is 12.5. The molecule has 1 aromatic heterocycles. The number of H-pyrrole nitrogens is 1. The Morgan fingerprint density at radius 2 is 2.12 bits per heavy atom. The van der Waals surface area contributed by atoms with E-state index in [1.807, 2.05) is 0 Å². The summed E-state index contributed by atoms with van der Waals surface area (Å²) < 4.78 is 41.7. The number of methoxy groups -OCH3 is 1. The van der Waals surface area contributed by atoms with Crippen LogP contribution in [0, 0.1) is 0 Å². The van der Waals surface area contributed by atoms with Gasteiger partial charge in [-0.3, -0.25) is 9.59 Å². The molecule has 88 valence electrons. The fourth-order valence-corrected chi connectivity index (χ4v) is 1.14. The number of aromatic nitrogens is 1.